The van der Waals surface area contributed by atoms with Gasteiger partial charge >= 0.3 is 0 Å². The molecule has 1 atom stereocenters. The molecule has 0 saturated carbocycles. The summed E-state index contributed by atoms with van der Waals surface area (Å²) in [6, 6.07) is 2.19. The second-order valence-electron chi connectivity index (χ2n) is 3.32. The highest BCUT2D eigenvalue weighted by molar-refractivity contribution is 8.00. The first-order chi connectivity index (χ1) is 6.86. The standard InChI is InChI=1S/C10H15NOS2/c1-9(11-3-5-12-6-4-11)14-10-2-7-13-8-10/h2,7-9H,3-6H2,1H3. The van der Waals surface area contributed by atoms with Gasteiger partial charge in [0.15, 0.2) is 0 Å². The van der Waals surface area contributed by atoms with Gasteiger partial charge in [-0.25, -0.2) is 0 Å². The Morgan fingerprint density at radius 2 is 2.29 bits per heavy atom. The number of ether oxygens (including phenoxy) is 1. The van der Waals surface area contributed by atoms with Crippen LogP contribution in [0.3, 0.4) is 0 Å². The zero-order valence-corrected chi connectivity index (χ0v) is 9.94. The molecule has 2 rings (SSSR count). The number of hydrogen-bond acceptors (Lipinski definition) is 4. The Balaban J connectivity index is 1.85. The quantitative estimate of drug-likeness (QED) is 0.739. The van der Waals surface area contributed by atoms with E-state index in [1.54, 1.807) is 11.3 Å². The van der Waals surface area contributed by atoms with Gasteiger partial charge in [-0.1, -0.05) is 0 Å². The van der Waals surface area contributed by atoms with Crippen LogP contribution in [0, 0.1) is 0 Å². The number of rotatable bonds is 3. The molecule has 0 bridgehead atoms. The van der Waals surface area contributed by atoms with Crippen LogP contribution in [0.25, 0.3) is 0 Å². The van der Waals surface area contributed by atoms with Crippen LogP contribution in [0.1, 0.15) is 6.92 Å². The lowest BCUT2D eigenvalue weighted by Crippen LogP contribution is -2.40. The number of nitrogens with zero attached hydrogens (tertiary/aromatic N) is 1. The summed E-state index contributed by atoms with van der Waals surface area (Å²) in [6.45, 7) is 6.17. The van der Waals surface area contributed by atoms with Crippen molar-refractivity contribution in [2.75, 3.05) is 26.3 Å². The van der Waals surface area contributed by atoms with Crippen LogP contribution in [0.2, 0.25) is 0 Å². The van der Waals surface area contributed by atoms with Gasteiger partial charge in [0.2, 0.25) is 0 Å². The lowest BCUT2D eigenvalue weighted by molar-refractivity contribution is 0.0351. The molecule has 0 spiro atoms. The van der Waals surface area contributed by atoms with E-state index < -0.39 is 0 Å². The van der Waals surface area contributed by atoms with Gasteiger partial charge < -0.3 is 4.74 Å². The van der Waals surface area contributed by atoms with E-state index in [-0.39, 0.29) is 0 Å². The van der Waals surface area contributed by atoms with Crippen LogP contribution in [-0.4, -0.2) is 36.6 Å². The van der Waals surface area contributed by atoms with Crippen LogP contribution in [0.15, 0.2) is 21.7 Å². The minimum absolute atomic E-state index is 0.563. The van der Waals surface area contributed by atoms with Crippen LogP contribution in [0.4, 0.5) is 0 Å². The molecule has 1 aromatic rings. The SMILES string of the molecule is CC(Sc1ccsc1)N1CCOCC1. The molecule has 1 saturated heterocycles. The molecule has 4 heteroatoms. The molecule has 2 nitrogen and oxygen atoms in total. The fourth-order valence-electron chi connectivity index (χ4n) is 1.53. The molecular formula is C10H15NOS2. The van der Waals surface area contributed by atoms with Gasteiger partial charge in [0, 0.05) is 23.4 Å². The predicted octanol–water partition coefficient (Wildman–Crippen LogP) is 2.52. The molecule has 1 aliphatic heterocycles. The Morgan fingerprint density at radius 1 is 1.50 bits per heavy atom. The van der Waals surface area contributed by atoms with Crippen molar-refractivity contribution in [3.05, 3.63) is 16.8 Å². The average Bonchev–Trinajstić information content (AvgIpc) is 2.72. The van der Waals surface area contributed by atoms with Crippen molar-refractivity contribution in [2.45, 2.75) is 17.2 Å². The fourth-order valence-corrected chi connectivity index (χ4v) is 3.42. The summed E-state index contributed by atoms with van der Waals surface area (Å²) >= 11 is 3.70. The Kier molecular flexibility index (Phi) is 3.87. The van der Waals surface area contributed by atoms with Gasteiger partial charge in [0.05, 0.1) is 18.6 Å². The normalized spacial score (nSPS) is 20.9. The van der Waals surface area contributed by atoms with E-state index in [1.165, 1.54) is 4.90 Å². The fraction of sp³-hybridized carbons (Fsp3) is 0.600. The Bertz CT molecular complexity index is 257. The Hall–Kier alpha value is -0.0300. The first kappa shape index (κ1) is 10.5. The first-order valence-electron chi connectivity index (χ1n) is 4.87. The van der Waals surface area contributed by atoms with Crippen molar-refractivity contribution in [3.63, 3.8) is 0 Å². The molecule has 0 radical (unpaired) electrons. The molecule has 1 aliphatic rings. The summed E-state index contributed by atoms with van der Waals surface area (Å²) in [6.07, 6.45) is 0. The monoisotopic (exact) mass is 229 g/mol. The second-order valence-corrected chi connectivity index (χ2v) is 5.49. The van der Waals surface area contributed by atoms with E-state index in [0.29, 0.717) is 5.37 Å². The molecule has 1 aromatic heterocycles. The summed E-state index contributed by atoms with van der Waals surface area (Å²) < 4.78 is 5.34. The number of thioether (sulfide) groups is 1. The van der Waals surface area contributed by atoms with E-state index in [4.69, 9.17) is 4.74 Å². The molecule has 2 heterocycles. The minimum atomic E-state index is 0.563. The summed E-state index contributed by atoms with van der Waals surface area (Å²) in [7, 11) is 0. The van der Waals surface area contributed by atoms with Crippen molar-refractivity contribution in [3.8, 4) is 0 Å². The summed E-state index contributed by atoms with van der Waals surface area (Å²) in [5.74, 6) is 0. The minimum Gasteiger partial charge on any atom is -0.379 e. The van der Waals surface area contributed by atoms with Gasteiger partial charge in [-0.15, -0.1) is 11.8 Å². The molecule has 78 valence electrons. The topological polar surface area (TPSA) is 12.5 Å². The largest absolute Gasteiger partial charge is 0.379 e. The first-order valence-corrected chi connectivity index (χ1v) is 6.69. The summed E-state index contributed by atoms with van der Waals surface area (Å²) in [5.41, 5.74) is 0. The van der Waals surface area contributed by atoms with Crippen molar-refractivity contribution >= 4 is 23.1 Å². The van der Waals surface area contributed by atoms with Gasteiger partial charge in [-0.2, -0.15) is 11.3 Å². The van der Waals surface area contributed by atoms with E-state index in [1.807, 2.05) is 11.8 Å². The molecular weight excluding hydrogens is 214 g/mol. The van der Waals surface area contributed by atoms with Crippen LogP contribution in [0.5, 0.6) is 0 Å². The highest BCUT2D eigenvalue weighted by Gasteiger charge is 2.17. The zero-order chi connectivity index (χ0) is 9.80. The van der Waals surface area contributed by atoms with Crippen LogP contribution < -0.4 is 0 Å². The molecule has 0 aliphatic carbocycles. The van der Waals surface area contributed by atoms with Crippen LogP contribution in [-0.2, 0) is 4.74 Å². The predicted molar refractivity (Wildman–Crippen MR) is 62.0 cm³/mol. The highest BCUT2D eigenvalue weighted by Crippen LogP contribution is 2.27. The molecule has 0 aromatic carbocycles. The third-order valence-corrected chi connectivity index (χ3v) is 4.36. The van der Waals surface area contributed by atoms with Crippen LogP contribution >= 0.6 is 23.1 Å². The second kappa shape index (κ2) is 5.16. The van der Waals surface area contributed by atoms with Crippen molar-refractivity contribution < 1.29 is 4.74 Å². The number of hydrogen-bond donors (Lipinski definition) is 0. The molecule has 1 unspecified atom stereocenters. The van der Waals surface area contributed by atoms with Gasteiger partial charge in [-0.05, 0) is 18.4 Å². The van der Waals surface area contributed by atoms with Crippen molar-refractivity contribution in [2.24, 2.45) is 0 Å². The van der Waals surface area contributed by atoms with E-state index in [2.05, 4.69) is 28.7 Å². The molecule has 1 fully saturated rings. The molecule has 14 heavy (non-hydrogen) atoms. The Morgan fingerprint density at radius 3 is 2.93 bits per heavy atom. The van der Waals surface area contributed by atoms with E-state index in [9.17, 15) is 0 Å². The average molecular weight is 229 g/mol. The maximum absolute atomic E-state index is 5.34. The number of morpholine rings is 1. The lowest BCUT2D eigenvalue weighted by Gasteiger charge is -2.31. The van der Waals surface area contributed by atoms with E-state index in [0.717, 1.165) is 26.3 Å². The Labute approximate surface area is 93.3 Å². The molecule has 0 amide bonds. The summed E-state index contributed by atoms with van der Waals surface area (Å²) in [4.78, 5) is 3.86. The number of thiophene rings is 1. The van der Waals surface area contributed by atoms with Gasteiger partial charge in [0.1, 0.15) is 0 Å². The molecule has 0 N–H and O–H groups in total. The maximum atomic E-state index is 5.34. The van der Waals surface area contributed by atoms with Crippen molar-refractivity contribution in [1.82, 2.24) is 4.90 Å². The smallest absolute Gasteiger partial charge is 0.0594 e. The third-order valence-electron chi connectivity index (χ3n) is 2.36. The van der Waals surface area contributed by atoms with Gasteiger partial charge in [-0.3, -0.25) is 4.90 Å². The van der Waals surface area contributed by atoms with Gasteiger partial charge in [0.25, 0.3) is 0 Å². The highest BCUT2D eigenvalue weighted by atomic mass is 32.2. The van der Waals surface area contributed by atoms with E-state index >= 15 is 0 Å². The zero-order valence-electron chi connectivity index (χ0n) is 8.31. The maximum Gasteiger partial charge on any atom is 0.0594 e. The lowest BCUT2D eigenvalue weighted by atomic mass is 10.4. The van der Waals surface area contributed by atoms with Crippen molar-refractivity contribution in [1.29, 1.82) is 0 Å². The third kappa shape index (κ3) is 2.73. The summed E-state index contributed by atoms with van der Waals surface area (Å²) in [5, 5.41) is 4.91.